The first kappa shape index (κ1) is 21.1. The van der Waals surface area contributed by atoms with Crippen molar-refractivity contribution in [3.8, 4) is 0 Å². The van der Waals surface area contributed by atoms with Gasteiger partial charge in [-0.05, 0) is 43.8 Å². The van der Waals surface area contributed by atoms with E-state index in [-0.39, 0.29) is 0 Å². The number of benzene rings is 1. The molecule has 3 rings (SSSR count). The highest BCUT2D eigenvalue weighted by Gasteiger charge is 2.28. The van der Waals surface area contributed by atoms with Crippen LogP contribution in [0.3, 0.4) is 0 Å². The molecule has 2 saturated heterocycles. The molecule has 2 fully saturated rings. The van der Waals surface area contributed by atoms with Crippen molar-refractivity contribution in [2.24, 2.45) is 16.8 Å². The summed E-state index contributed by atoms with van der Waals surface area (Å²) in [7, 11) is 1.90. The summed E-state index contributed by atoms with van der Waals surface area (Å²) in [5, 5.41) is 3.67. The number of hydrogen-bond acceptors (Lipinski definition) is 3. The molecule has 0 bridgehead atoms. The van der Waals surface area contributed by atoms with Gasteiger partial charge in [0.15, 0.2) is 5.96 Å². The van der Waals surface area contributed by atoms with E-state index in [4.69, 9.17) is 4.74 Å². The van der Waals surface area contributed by atoms with Gasteiger partial charge in [-0.1, -0.05) is 44.2 Å². The first-order valence-corrected chi connectivity index (χ1v) is 11.0. The lowest BCUT2D eigenvalue weighted by Crippen LogP contribution is -2.49. The van der Waals surface area contributed by atoms with Crippen molar-refractivity contribution < 1.29 is 4.74 Å². The lowest BCUT2D eigenvalue weighted by atomic mass is 10.0. The number of rotatable bonds is 8. The third kappa shape index (κ3) is 5.95. The lowest BCUT2D eigenvalue weighted by molar-refractivity contribution is 0.0906. The van der Waals surface area contributed by atoms with Crippen LogP contribution in [0.4, 0.5) is 0 Å². The Kier molecular flexibility index (Phi) is 8.16. The van der Waals surface area contributed by atoms with Crippen molar-refractivity contribution >= 4 is 5.96 Å². The Morgan fingerprint density at radius 1 is 1.18 bits per heavy atom. The van der Waals surface area contributed by atoms with Gasteiger partial charge in [0.2, 0.25) is 0 Å². The maximum absolute atomic E-state index is 5.97. The Balaban J connectivity index is 1.42. The van der Waals surface area contributed by atoms with Gasteiger partial charge in [-0.15, -0.1) is 0 Å². The summed E-state index contributed by atoms with van der Waals surface area (Å²) in [5.74, 6) is 2.29. The average Bonchev–Trinajstić information content (AvgIpc) is 3.38. The van der Waals surface area contributed by atoms with Crippen molar-refractivity contribution in [3.63, 3.8) is 0 Å². The van der Waals surface area contributed by atoms with E-state index in [0.717, 1.165) is 32.2 Å². The molecule has 5 nitrogen and oxygen atoms in total. The molecule has 2 atom stereocenters. The number of hydrogen-bond donors (Lipinski definition) is 1. The molecule has 2 unspecified atom stereocenters. The second-order valence-corrected chi connectivity index (χ2v) is 8.58. The molecule has 0 aliphatic carbocycles. The maximum atomic E-state index is 5.97. The summed E-state index contributed by atoms with van der Waals surface area (Å²) in [6, 6.07) is 11.0. The van der Waals surface area contributed by atoms with E-state index < -0.39 is 0 Å². The molecule has 0 spiro atoms. The van der Waals surface area contributed by atoms with E-state index in [9.17, 15) is 0 Å². The van der Waals surface area contributed by atoms with Gasteiger partial charge in [-0.2, -0.15) is 0 Å². The van der Waals surface area contributed by atoms with Crippen LogP contribution in [0.2, 0.25) is 0 Å². The number of nitrogens with one attached hydrogen (secondary N) is 1. The highest BCUT2D eigenvalue weighted by atomic mass is 16.5. The molecule has 1 aromatic carbocycles. The molecular weight excluding hydrogens is 348 g/mol. The third-order valence-corrected chi connectivity index (χ3v) is 6.11. The summed E-state index contributed by atoms with van der Waals surface area (Å²) in [4.78, 5) is 9.61. The van der Waals surface area contributed by atoms with E-state index in [1.165, 1.54) is 37.9 Å². The topological polar surface area (TPSA) is 40.1 Å². The molecule has 28 heavy (non-hydrogen) atoms. The molecule has 2 heterocycles. The van der Waals surface area contributed by atoms with Crippen LogP contribution in [0.25, 0.3) is 0 Å². The van der Waals surface area contributed by atoms with Crippen molar-refractivity contribution in [1.29, 1.82) is 0 Å². The van der Waals surface area contributed by atoms with Crippen molar-refractivity contribution in [1.82, 2.24) is 15.1 Å². The van der Waals surface area contributed by atoms with Crippen LogP contribution in [0, 0.1) is 11.8 Å². The molecule has 0 amide bonds. The Morgan fingerprint density at radius 2 is 1.93 bits per heavy atom. The Hall–Kier alpha value is -1.59. The molecular formula is C23H38N4O. The number of nitrogens with zero attached hydrogens (tertiary/aromatic N) is 3. The van der Waals surface area contributed by atoms with Crippen molar-refractivity contribution in [2.75, 3.05) is 46.4 Å². The van der Waals surface area contributed by atoms with Gasteiger partial charge >= 0.3 is 0 Å². The second kappa shape index (κ2) is 10.8. The summed E-state index contributed by atoms with van der Waals surface area (Å²) < 4.78 is 5.97. The highest BCUT2D eigenvalue weighted by molar-refractivity contribution is 5.80. The van der Waals surface area contributed by atoms with Crippen LogP contribution in [0.15, 0.2) is 35.3 Å². The third-order valence-electron chi connectivity index (χ3n) is 6.11. The van der Waals surface area contributed by atoms with Gasteiger partial charge in [0.1, 0.15) is 0 Å². The standard InChI is InChI=1S/C23H38N4O/c1-19(2)22(26-12-7-8-13-26)15-25-23(24-3)27-14-11-21(16-27)18-28-17-20-9-5-4-6-10-20/h4-6,9-10,19,21-22H,7-8,11-18H2,1-3H3,(H,24,25). The summed E-state index contributed by atoms with van der Waals surface area (Å²) in [5.41, 5.74) is 1.25. The van der Waals surface area contributed by atoms with Crippen LogP contribution >= 0.6 is 0 Å². The van der Waals surface area contributed by atoms with Crippen LogP contribution in [0.5, 0.6) is 0 Å². The predicted molar refractivity (Wildman–Crippen MR) is 117 cm³/mol. The predicted octanol–water partition coefficient (Wildman–Crippen LogP) is 3.22. The van der Waals surface area contributed by atoms with Gasteiger partial charge < -0.3 is 15.0 Å². The van der Waals surface area contributed by atoms with Crippen LogP contribution in [-0.2, 0) is 11.3 Å². The minimum atomic E-state index is 0.585. The van der Waals surface area contributed by atoms with Crippen molar-refractivity contribution in [2.45, 2.75) is 45.8 Å². The maximum Gasteiger partial charge on any atom is 0.193 e. The number of likely N-dealkylation sites (tertiary alicyclic amines) is 2. The molecule has 0 saturated carbocycles. The molecule has 156 valence electrons. The SMILES string of the molecule is CN=C(NCC(C(C)C)N1CCCC1)N1CCC(COCc2ccccc2)C1. The summed E-state index contributed by atoms with van der Waals surface area (Å²) in [6.07, 6.45) is 3.86. The van der Waals surface area contributed by atoms with E-state index in [1.807, 2.05) is 13.1 Å². The zero-order valence-corrected chi connectivity index (χ0v) is 17.9. The fourth-order valence-electron chi connectivity index (χ4n) is 4.47. The minimum absolute atomic E-state index is 0.585. The Morgan fingerprint density at radius 3 is 2.61 bits per heavy atom. The molecule has 2 aliphatic heterocycles. The first-order valence-electron chi connectivity index (χ1n) is 11.0. The normalized spacial score (nSPS) is 22.2. The number of guanidine groups is 1. The van der Waals surface area contributed by atoms with Crippen LogP contribution in [0.1, 0.15) is 38.7 Å². The molecule has 5 heteroatoms. The Labute approximate surface area is 171 Å². The zero-order valence-electron chi connectivity index (χ0n) is 17.9. The number of aliphatic imine (C=N–C) groups is 1. The van der Waals surface area contributed by atoms with E-state index in [0.29, 0.717) is 24.5 Å². The second-order valence-electron chi connectivity index (χ2n) is 8.58. The molecule has 1 N–H and O–H groups in total. The summed E-state index contributed by atoms with van der Waals surface area (Å²) >= 11 is 0. The minimum Gasteiger partial charge on any atom is -0.376 e. The molecule has 1 aromatic rings. The largest absolute Gasteiger partial charge is 0.376 e. The monoisotopic (exact) mass is 386 g/mol. The van der Waals surface area contributed by atoms with Gasteiger partial charge in [-0.3, -0.25) is 9.89 Å². The zero-order chi connectivity index (χ0) is 19.8. The smallest absolute Gasteiger partial charge is 0.193 e. The van der Waals surface area contributed by atoms with Crippen molar-refractivity contribution in [3.05, 3.63) is 35.9 Å². The summed E-state index contributed by atoms with van der Waals surface area (Å²) in [6.45, 7) is 11.8. The van der Waals surface area contributed by atoms with Gasteiger partial charge in [0.25, 0.3) is 0 Å². The Bertz CT molecular complexity index is 598. The molecule has 0 aromatic heterocycles. The molecule has 0 radical (unpaired) electrons. The van der Waals surface area contributed by atoms with E-state index in [1.54, 1.807) is 0 Å². The molecule has 2 aliphatic rings. The van der Waals surface area contributed by atoms with Crippen LogP contribution in [-0.4, -0.2) is 68.2 Å². The average molecular weight is 387 g/mol. The van der Waals surface area contributed by atoms with Gasteiger partial charge in [-0.25, -0.2) is 0 Å². The fraction of sp³-hybridized carbons (Fsp3) is 0.696. The highest BCUT2D eigenvalue weighted by Crippen LogP contribution is 2.19. The van der Waals surface area contributed by atoms with E-state index in [2.05, 4.69) is 58.2 Å². The van der Waals surface area contributed by atoms with E-state index >= 15 is 0 Å². The fourth-order valence-corrected chi connectivity index (χ4v) is 4.47. The lowest BCUT2D eigenvalue weighted by Gasteiger charge is -2.32. The quantitative estimate of drug-likeness (QED) is 0.550. The number of ether oxygens (including phenoxy) is 1. The van der Waals surface area contributed by atoms with Gasteiger partial charge in [0, 0.05) is 38.6 Å². The van der Waals surface area contributed by atoms with Crippen LogP contribution < -0.4 is 5.32 Å². The first-order chi connectivity index (χ1) is 13.7. The van der Waals surface area contributed by atoms with Gasteiger partial charge in [0.05, 0.1) is 13.2 Å².